The molecule has 1 aromatic heterocycles. The molecular weight excluding hydrogens is 270 g/mol. The van der Waals surface area contributed by atoms with Gasteiger partial charge in [0.2, 0.25) is 0 Å². The predicted molar refractivity (Wildman–Crippen MR) is 82.0 cm³/mol. The van der Waals surface area contributed by atoms with E-state index in [0.29, 0.717) is 6.10 Å². The molecule has 0 amide bonds. The Hall–Kier alpha value is -0.490. The number of morpholine rings is 1. The number of aromatic nitrogens is 1. The average molecular weight is 295 g/mol. The summed E-state index contributed by atoms with van der Waals surface area (Å²) in [7, 11) is 0. The highest BCUT2D eigenvalue weighted by Gasteiger charge is 2.21. The minimum Gasteiger partial charge on any atom is -0.376 e. The van der Waals surface area contributed by atoms with Crippen LogP contribution >= 0.6 is 11.3 Å². The summed E-state index contributed by atoms with van der Waals surface area (Å²) in [5, 5.41) is 6.74. The fraction of sp³-hybridized carbons (Fsp3) is 0.800. The van der Waals surface area contributed by atoms with Gasteiger partial charge in [-0.15, -0.1) is 11.3 Å². The van der Waals surface area contributed by atoms with Crippen LogP contribution in [0.25, 0.3) is 0 Å². The summed E-state index contributed by atoms with van der Waals surface area (Å²) < 4.78 is 5.78. The molecule has 1 unspecified atom stereocenters. The highest BCUT2D eigenvalue weighted by molar-refractivity contribution is 7.09. The number of hydrogen-bond acceptors (Lipinski definition) is 5. The molecule has 0 aliphatic carbocycles. The Morgan fingerprint density at radius 3 is 2.95 bits per heavy atom. The van der Waals surface area contributed by atoms with E-state index >= 15 is 0 Å². The second-order valence-electron chi connectivity index (χ2n) is 5.92. The number of piperidine rings is 1. The number of nitrogens with zero attached hydrogens (tertiary/aromatic N) is 2. The number of ether oxygens (including phenoxy) is 1. The summed E-state index contributed by atoms with van der Waals surface area (Å²) in [5.41, 5.74) is 0. The van der Waals surface area contributed by atoms with Crippen molar-refractivity contribution in [1.82, 2.24) is 15.2 Å². The van der Waals surface area contributed by atoms with E-state index in [1.54, 1.807) is 11.3 Å². The van der Waals surface area contributed by atoms with E-state index in [0.717, 1.165) is 32.2 Å². The van der Waals surface area contributed by atoms with E-state index in [2.05, 4.69) is 20.6 Å². The zero-order chi connectivity index (χ0) is 13.6. The summed E-state index contributed by atoms with van der Waals surface area (Å²) in [6.45, 7) is 6.45. The molecule has 5 heteroatoms. The maximum absolute atomic E-state index is 5.78. The van der Waals surface area contributed by atoms with Crippen LogP contribution < -0.4 is 5.32 Å². The highest BCUT2D eigenvalue weighted by atomic mass is 32.1. The third-order valence-corrected chi connectivity index (χ3v) is 5.22. The van der Waals surface area contributed by atoms with E-state index in [4.69, 9.17) is 4.74 Å². The van der Waals surface area contributed by atoms with Crippen LogP contribution in [0.2, 0.25) is 0 Å². The maximum atomic E-state index is 5.78. The number of nitrogens with one attached hydrogen (secondary N) is 1. The third-order valence-electron chi connectivity index (χ3n) is 4.45. The molecule has 20 heavy (non-hydrogen) atoms. The molecular formula is C15H25N3OS. The monoisotopic (exact) mass is 295 g/mol. The topological polar surface area (TPSA) is 37.4 Å². The summed E-state index contributed by atoms with van der Waals surface area (Å²) in [6.07, 6.45) is 7.60. The van der Waals surface area contributed by atoms with Crippen LogP contribution in [0.1, 0.15) is 30.7 Å². The SMILES string of the molecule is c1csc(CN2CCC(CCC3CNCCO3)CC2)n1. The Bertz CT molecular complexity index is 370. The molecule has 0 aromatic carbocycles. The lowest BCUT2D eigenvalue weighted by atomic mass is 9.91. The number of thiazole rings is 1. The van der Waals surface area contributed by atoms with E-state index in [9.17, 15) is 0 Å². The van der Waals surface area contributed by atoms with E-state index in [1.165, 1.54) is 43.8 Å². The minimum absolute atomic E-state index is 0.456. The lowest BCUT2D eigenvalue weighted by molar-refractivity contribution is 0.0175. The van der Waals surface area contributed by atoms with Gasteiger partial charge in [-0.3, -0.25) is 4.90 Å². The molecule has 112 valence electrons. The van der Waals surface area contributed by atoms with Gasteiger partial charge in [0.1, 0.15) is 5.01 Å². The molecule has 4 nitrogen and oxygen atoms in total. The summed E-state index contributed by atoms with van der Waals surface area (Å²) in [4.78, 5) is 6.93. The van der Waals surface area contributed by atoms with Crippen LogP contribution in [0.4, 0.5) is 0 Å². The molecule has 2 saturated heterocycles. The first-order chi connectivity index (χ1) is 9.90. The fourth-order valence-corrected chi connectivity index (χ4v) is 3.84. The van der Waals surface area contributed by atoms with Gasteiger partial charge in [0.15, 0.2) is 0 Å². The van der Waals surface area contributed by atoms with Gasteiger partial charge in [-0.1, -0.05) is 0 Å². The van der Waals surface area contributed by atoms with Gasteiger partial charge < -0.3 is 10.1 Å². The molecule has 0 radical (unpaired) electrons. The Morgan fingerprint density at radius 2 is 2.25 bits per heavy atom. The predicted octanol–water partition coefficient (Wildman–Crippen LogP) is 2.12. The number of likely N-dealkylation sites (tertiary alicyclic amines) is 1. The van der Waals surface area contributed by atoms with Crippen molar-refractivity contribution in [3.63, 3.8) is 0 Å². The zero-order valence-corrected chi connectivity index (χ0v) is 12.9. The lowest BCUT2D eigenvalue weighted by Gasteiger charge is -2.32. The van der Waals surface area contributed by atoms with Gasteiger partial charge in [-0.25, -0.2) is 4.98 Å². The molecule has 2 fully saturated rings. The first kappa shape index (κ1) is 14.4. The summed E-state index contributed by atoms with van der Waals surface area (Å²) >= 11 is 1.77. The molecule has 0 saturated carbocycles. The maximum Gasteiger partial charge on any atom is 0.107 e. The van der Waals surface area contributed by atoms with Gasteiger partial charge in [0, 0.05) is 24.7 Å². The zero-order valence-electron chi connectivity index (χ0n) is 12.1. The van der Waals surface area contributed by atoms with E-state index in [1.807, 2.05) is 6.20 Å². The summed E-state index contributed by atoms with van der Waals surface area (Å²) in [6, 6.07) is 0. The van der Waals surface area contributed by atoms with Crippen LogP contribution in [-0.4, -0.2) is 48.8 Å². The first-order valence-electron chi connectivity index (χ1n) is 7.83. The van der Waals surface area contributed by atoms with Gasteiger partial charge in [-0.2, -0.15) is 0 Å². The molecule has 1 aromatic rings. The van der Waals surface area contributed by atoms with Crippen molar-refractivity contribution >= 4 is 11.3 Å². The van der Waals surface area contributed by atoms with Crippen molar-refractivity contribution in [3.05, 3.63) is 16.6 Å². The molecule has 2 aliphatic rings. The average Bonchev–Trinajstić information content (AvgIpc) is 3.01. The van der Waals surface area contributed by atoms with Crippen molar-refractivity contribution in [1.29, 1.82) is 0 Å². The highest BCUT2D eigenvalue weighted by Crippen LogP contribution is 2.24. The second kappa shape index (κ2) is 7.50. The van der Waals surface area contributed by atoms with Crippen LogP contribution in [-0.2, 0) is 11.3 Å². The minimum atomic E-state index is 0.456. The number of rotatable bonds is 5. The quantitative estimate of drug-likeness (QED) is 0.903. The summed E-state index contributed by atoms with van der Waals surface area (Å²) in [5.74, 6) is 0.896. The third kappa shape index (κ3) is 4.25. The Morgan fingerprint density at radius 1 is 1.35 bits per heavy atom. The second-order valence-corrected chi connectivity index (χ2v) is 6.90. The molecule has 0 bridgehead atoms. The van der Waals surface area contributed by atoms with Crippen molar-refractivity contribution in [2.24, 2.45) is 5.92 Å². The van der Waals surface area contributed by atoms with Crippen molar-refractivity contribution in [2.75, 3.05) is 32.8 Å². The van der Waals surface area contributed by atoms with E-state index in [-0.39, 0.29) is 0 Å². The fourth-order valence-electron chi connectivity index (χ4n) is 3.18. The van der Waals surface area contributed by atoms with E-state index < -0.39 is 0 Å². The molecule has 3 heterocycles. The Labute approximate surface area is 125 Å². The largest absolute Gasteiger partial charge is 0.376 e. The van der Waals surface area contributed by atoms with Crippen LogP contribution in [0, 0.1) is 5.92 Å². The van der Waals surface area contributed by atoms with Crippen molar-refractivity contribution in [3.8, 4) is 0 Å². The molecule has 1 N–H and O–H groups in total. The Balaban J connectivity index is 1.33. The number of hydrogen-bond donors (Lipinski definition) is 1. The van der Waals surface area contributed by atoms with Crippen LogP contribution in [0.3, 0.4) is 0 Å². The van der Waals surface area contributed by atoms with Crippen LogP contribution in [0.15, 0.2) is 11.6 Å². The van der Waals surface area contributed by atoms with Crippen LogP contribution in [0.5, 0.6) is 0 Å². The lowest BCUT2D eigenvalue weighted by Crippen LogP contribution is -2.39. The standard InChI is InChI=1S/C15H25N3OS/c1(2-14-11-16-5-9-19-14)13-3-7-18(8-4-13)12-15-17-6-10-20-15/h6,10,13-14,16H,1-5,7-9,11-12H2. The van der Waals surface area contributed by atoms with Crippen molar-refractivity contribution in [2.45, 2.75) is 38.3 Å². The van der Waals surface area contributed by atoms with Gasteiger partial charge in [0.05, 0.1) is 19.3 Å². The molecule has 2 aliphatic heterocycles. The van der Waals surface area contributed by atoms with Crippen molar-refractivity contribution < 1.29 is 4.74 Å². The molecule has 1 atom stereocenters. The van der Waals surface area contributed by atoms with Gasteiger partial charge in [-0.05, 0) is 44.7 Å². The normalized spacial score (nSPS) is 25.9. The smallest absolute Gasteiger partial charge is 0.107 e. The van der Waals surface area contributed by atoms with Gasteiger partial charge in [0.25, 0.3) is 0 Å². The molecule has 0 spiro atoms. The van der Waals surface area contributed by atoms with Gasteiger partial charge >= 0.3 is 0 Å². The first-order valence-corrected chi connectivity index (χ1v) is 8.71. The Kier molecular flexibility index (Phi) is 5.42. The molecule has 3 rings (SSSR count).